The molecule has 318 valence electrons. The summed E-state index contributed by atoms with van der Waals surface area (Å²) >= 11 is 0. The molecule has 3 aromatic carbocycles. The number of rotatable bonds is 11. The van der Waals surface area contributed by atoms with Gasteiger partial charge in [0.1, 0.15) is 30.8 Å². The van der Waals surface area contributed by atoms with Gasteiger partial charge in [-0.15, -0.1) is 0 Å². The van der Waals surface area contributed by atoms with E-state index in [4.69, 9.17) is 28.9 Å². The Morgan fingerprint density at radius 1 is 0.967 bits per heavy atom. The summed E-state index contributed by atoms with van der Waals surface area (Å²) in [6.45, 7) is 7.24. The first-order valence-electron chi connectivity index (χ1n) is 21.7. The average molecular weight is 826 g/mol. The Hall–Kier alpha value is -5.75. The van der Waals surface area contributed by atoms with Crippen molar-refractivity contribution in [3.8, 4) is 28.1 Å². The molecule has 5 aliphatic rings. The van der Waals surface area contributed by atoms with Crippen molar-refractivity contribution in [1.29, 1.82) is 0 Å². The molecule has 1 saturated heterocycles. The van der Waals surface area contributed by atoms with E-state index < -0.39 is 12.1 Å². The number of imidazole rings is 1. The molecule has 3 aliphatic heterocycles. The molecule has 6 atom stereocenters. The van der Waals surface area contributed by atoms with E-state index in [9.17, 15) is 14.4 Å². The fourth-order valence-corrected chi connectivity index (χ4v) is 10.3. The number of nitrogens with one attached hydrogen (secondary N) is 2. The van der Waals surface area contributed by atoms with Crippen LogP contribution in [0, 0.1) is 17.8 Å². The predicted octanol–water partition coefficient (Wildman–Crippen LogP) is 8.40. The van der Waals surface area contributed by atoms with Crippen LogP contribution in [-0.4, -0.2) is 77.5 Å². The zero-order chi connectivity index (χ0) is 42.4. The zero-order valence-electron chi connectivity index (χ0n) is 35.7. The van der Waals surface area contributed by atoms with E-state index in [1.807, 2.05) is 55.3 Å². The van der Waals surface area contributed by atoms with E-state index >= 15 is 0 Å². The second kappa shape index (κ2) is 17.0. The summed E-state index contributed by atoms with van der Waals surface area (Å²) in [7, 11) is 3.02. The number of aliphatic imine (C=N–C) groups is 1. The lowest BCUT2D eigenvalue weighted by Gasteiger charge is -2.34. The third kappa shape index (κ3) is 7.86. The third-order valence-electron chi connectivity index (χ3n) is 13.5. The highest BCUT2D eigenvalue weighted by atomic mass is 16.5. The number of methoxy groups -OCH3 is 2. The molecular weight excluding hydrogens is 771 g/mol. The molecule has 4 heterocycles. The summed E-state index contributed by atoms with van der Waals surface area (Å²) in [5.41, 5.74) is 12.0. The number of fused-ring (bicyclic) bond motifs is 5. The van der Waals surface area contributed by atoms with Crippen molar-refractivity contribution in [3.63, 3.8) is 0 Å². The lowest BCUT2D eigenvalue weighted by Crippen LogP contribution is -2.55. The summed E-state index contributed by atoms with van der Waals surface area (Å²) in [5, 5.41) is 2.77. The van der Waals surface area contributed by atoms with Gasteiger partial charge in [0.2, 0.25) is 5.91 Å². The molecule has 1 unspecified atom stereocenters. The molecule has 2 aliphatic carbocycles. The van der Waals surface area contributed by atoms with Crippen LogP contribution in [0.25, 0.3) is 28.0 Å². The molecule has 2 amide bonds. The molecule has 2 N–H and O–H groups in total. The predicted molar refractivity (Wildman–Crippen MR) is 232 cm³/mol. The molecule has 2 fully saturated rings. The van der Waals surface area contributed by atoms with Gasteiger partial charge in [-0.2, -0.15) is 0 Å². The summed E-state index contributed by atoms with van der Waals surface area (Å²) in [4.78, 5) is 55.2. The number of esters is 1. The van der Waals surface area contributed by atoms with Crippen molar-refractivity contribution in [2.24, 2.45) is 22.7 Å². The van der Waals surface area contributed by atoms with Crippen molar-refractivity contribution in [3.05, 3.63) is 101 Å². The molecule has 1 saturated carbocycles. The number of hydrogen-bond donors (Lipinski definition) is 2. The Morgan fingerprint density at radius 3 is 2.59 bits per heavy atom. The highest BCUT2D eigenvalue weighted by molar-refractivity contribution is 6.06. The second-order valence-corrected chi connectivity index (χ2v) is 17.7. The molecule has 0 radical (unpaired) electrons. The van der Waals surface area contributed by atoms with Crippen molar-refractivity contribution in [2.45, 2.75) is 103 Å². The summed E-state index contributed by atoms with van der Waals surface area (Å²) < 4.78 is 22.7. The Morgan fingerprint density at radius 2 is 1.80 bits per heavy atom. The summed E-state index contributed by atoms with van der Waals surface area (Å²) in [5.74, 6) is 1.13. The van der Waals surface area contributed by atoms with Crippen LogP contribution in [0.15, 0.2) is 77.5 Å². The number of allylic oxidation sites excluding steroid dienone is 2. The molecule has 9 rings (SSSR count). The SMILES string of the molecule is COC[C@@H]1CC(C(=O)OCc2ccccc2)[C@H](c2ncc(-c3ccc4c(c3)COc3cc5c(cc3-4)CCC3=C5CC([C@@H]4CC[C@H](C)N4C(=O)[C@@H](NC(=O)OC)C(C)C)=N3)[nH]2)C1. The monoisotopic (exact) mass is 825 g/mol. The van der Waals surface area contributed by atoms with Crippen LogP contribution >= 0.6 is 0 Å². The minimum absolute atomic E-state index is 0.0387. The molecule has 12 heteroatoms. The van der Waals surface area contributed by atoms with Gasteiger partial charge in [-0.1, -0.05) is 56.3 Å². The largest absolute Gasteiger partial charge is 0.488 e. The maximum absolute atomic E-state index is 14.0. The molecule has 1 aromatic heterocycles. The molecule has 0 spiro atoms. The normalized spacial score (nSPS) is 23.1. The number of carbonyl (C=O) groups is 3. The fourth-order valence-electron chi connectivity index (χ4n) is 10.3. The van der Waals surface area contributed by atoms with Gasteiger partial charge >= 0.3 is 12.1 Å². The second-order valence-electron chi connectivity index (χ2n) is 17.7. The number of H-pyrrole nitrogens is 1. The Balaban J connectivity index is 0.909. The Kier molecular flexibility index (Phi) is 11.3. The van der Waals surface area contributed by atoms with Crippen molar-refractivity contribution >= 4 is 29.3 Å². The Labute approximate surface area is 357 Å². The van der Waals surface area contributed by atoms with E-state index in [2.05, 4.69) is 47.6 Å². The summed E-state index contributed by atoms with van der Waals surface area (Å²) in [6.07, 6.45) is 6.88. The van der Waals surface area contributed by atoms with Gasteiger partial charge in [0, 0.05) is 49.1 Å². The first kappa shape index (κ1) is 40.6. The van der Waals surface area contributed by atoms with E-state index in [1.54, 1.807) is 7.11 Å². The molecule has 61 heavy (non-hydrogen) atoms. The summed E-state index contributed by atoms with van der Waals surface area (Å²) in [6, 6.07) is 20.0. The van der Waals surface area contributed by atoms with Gasteiger partial charge in [0.15, 0.2) is 0 Å². The van der Waals surface area contributed by atoms with Gasteiger partial charge in [0.05, 0.1) is 31.0 Å². The number of aromatic nitrogens is 2. The number of nitrogens with zero attached hydrogens (tertiary/aromatic N) is 3. The number of alkyl carbamates (subject to hydrolysis) is 1. The zero-order valence-corrected chi connectivity index (χ0v) is 35.7. The van der Waals surface area contributed by atoms with Crippen LogP contribution < -0.4 is 10.1 Å². The first-order valence-corrected chi connectivity index (χ1v) is 21.7. The highest BCUT2D eigenvalue weighted by Gasteiger charge is 2.44. The van der Waals surface area contributed by atoms with Crippen molar-refractivity contribution in [1.82, 2.24) is 20.2 Å². The third-order valence-corrected chi connectivity index (χ3v) is 13.5. The van der Waals surface area contributed by atoms with Crippen LogP contribution in [0.5, 0.6) is 5.75 Å². The minimum atomic E-state index is -0.678. The highest BCUT2D eigenvalue weighted by Crippen LogP contribution is 2.48. The van der Waals surface area contributed by atoms with E-state index in [0.717, 1.165) is 88.6 Å². The van der Waals surface area contributed by atoms with Crippen LogP contribution in [0.4, 0.5) is 4.79 Å². The average Bonchev–Trinajstić information content (AvgIpc) is 4.10. The maximum atomic E-state index is 14.0. The topological polar surface area (TPSA) is 144 Å². The quantitative estimate of drug-likeness (QED) is 0.144. The smallest absolute Gasteiger partial charge is 0.407 e. The van der Waals surface area contributed by atoms with Crippen LogP contribution in [0.1, 0.15) is 93.3 Å². The molecular formula is C49H55N5O7. The van der Waals surface area contributed by atoms with E-state index in [-0.39, 0.29) is 54.2 Å². The number of aryl methyl sites for hydroxylation is 1. The van der Waals surface area contributed by atoms with Crippen LogP contribution in [0.3, 0.4) is 0 Å². The number of aromatic amines is 1. The standard InChI is InChI=1S/C49H55N5O7/c1-27(2)45(53-49(57)59-5)47(55)54-28(3)11-16-43(54)41-21-36-35-22-44-37(20-31(35)13-15-40(36)51-41)34-14-12-32(19-33(34)26-60-44)42-23-50-46(52-42)38-17-30(24-58-4)18-39(38)48(56)61-25-29-9-7-6-8-10-29/h6-10,12,14,19-20,22-23,27-28,30,38-39,43,45H,11,13,15-18,21,24-26H2,1-5H3,(H,50,52)(H,53,57)/t28-,30-,38+,39?,43-,45-/m0/s1. The van der Waals surface area contributed by atoms with E-state index in [1.165, 1.54) is 23.8 Å². The minimum Gasteiger partial charge on any atom is -0.488 e. The lowest BCUT2D eigenvalue weighted by molar-refractivity contribution is -0.150. The number of ether oxygens (including phenoxy) is 4. The van der Waals surface area contributed by atoms with Crippen LogP contribution in [0.2, 0.25) is 0 Å². The fraction of sp³-hybridized carbons (Fsp3) is 0.449. The van der Waals surface area contributed by atoms with Crippen molar-refractivity contribution in [2.75, 3.05) is 20.8 Å². The maximum Gasteiger partial charge on any atom is 0.407 e. The number of hydrogen-bond acceptors (Lipinski definition) is 9. The van der Waals surface area contributed by atoms with Gasteiger partial charge in [-0.25, -0.2) is 9.78 Å². The van der Waals surface area contributed by atoms with Gasteiger partial charge in [0.25, 0.3) is 0 Å². The Bertz CT molecular complexity index is 2400. The van der Waals surface area contributed by atoms with Gasteiger partial charge in [-0.05, 0) is 114 Å². The number of amides is 2. The lowest BCUT2D eigenvalue weighted by atomic mass is 9.83. The first-order chi connectivity index (χ1) is 29.6. The van der Waals surface area contributed by atoms with Gasteiger partial charge in [-0.3, -0.25) is 14.6 Å². The molecule has 4 aromatic rings. The number of benzene rings is 3. The van der Waals surface area contributed by atoms with E-state index in [0.29, 0.717) is 26.1 Å². The van der Waals surface area contributed by atoms with Crippen LogP contribution in [-0.2, 0) is 43.4 Å². The molecule has 12 nitrogen and oxygen atoms in total. The molecule has 0 bridgehead atoms. The number of carbonyl (C=O) groups excluding carboxylic acids is 3. The van der Waals surface area contributed by atoms with Crippen molar-refractivity contribution < 1.29 is 33.3 Å². The van der Waals surface area contributed by atoms with Gasteiger partial charge < -0.3 is 34.1 Å². The number of likely N-dealkylation sites (tertiary alicyclic amines) is 1.